The number of aryl methyl sites for hydroxylation is 3. The highest BCUT2D eigenvalue weighted by Gasteiger charge is 2.23. The van der Waals surface area contributed by atoms with Crippen LogP contribution >= 0.6 is 11.6 Å². The normalized spacial score (nSPS) is 11.0. The van der Waals surface area contributed by atoms with Gasteiger partial charge < -0.3 is 4.74 Å². The van der Waals surface area contributed by atoms with Crippen LogP contribution in [0.5, 0.6) is 0 Å². The van der Waals surface area contributed by atoms with Gasteiger partial charge in [0, 0.05) is 12.1 Å². The molecular weight excluding hydrogens is 340 g/mol. The summed E-state index contributed by atoms with van der Waals surface area (Å²) in [6, 6.07) is 5.61. The second-order valence-corrected chi connectivity index (χ2v) is 7.00. The maximum Gasteiger partial charge on any atom is 0.343 e. The van der Waals surface area contributed by atoms with Gasteiger partial charge in [-0.1, -0.05) is 43.1 Å². The van der Waals surface area contributed by atoms with Crippen LogP contribution in [-0.4, -0.2) is 28.1 Å². The van der Waals surface area contributed by atoms with Crippen molar-refractivity contribution in [1.82, 2.24) is 9.78 Å². The number of Topliss-reactive ketones (excluding diaryl/α,β-unsaturated/α-hetero) is 1. The zero-order valence-electron chi connectivity index (χ0n) is 15.2. The minimum atomic E-state index is -0.629. The van der Waals surface area contributed by atoms with Gasteiger partial charge in [0.05, 0.1) is 5.69 Å². The van der Waals surface area contributed by atoms with Crippen molar-refractivity contribution in [3.05, 3.63) is 51.3 Å². The van der Waals surface area contributed by atoms with Gasteiger partial charge in [-0.3, -0.25) is 9.48 Å². The van der Waals surface area contributed by atoms with Gasteiger partial charge in [-0.2, -0.15) is 5.10 Å². The zero-order valence-corrected chi connectivity index (χ0v) is 16.0. The van der Waals surface area contributed by atoms with Crippen molar-refractivity contribution in [2.75, 3.05) is 6.61 Å². The topological polar surface area (TPSA) is 61.2 Å². The van der Waals surface area contributed by atoms with Gasteiger partial charge in [0.1, 0.15) is 10.7 Å². The number of carbonyl (C=O) groups is 2. The first kappa shape index (κ1) is 19.2. The molecule has 1 heterocycles. The predicted molar refractivity (Wildman–Crippen MR) is 97.3 cm³/mol. The van der Waals surface area contributed by atoms with Crippen molar-refractivity contribution >= 4 is 23.4 Å². The highest BCUT2D eigenvalue weighted by molar-refractivity contribution is 6.32. The number of halogens is 1. The predicted octanol–water partition coefficient (Wildman–Crippen LogP) is 4.16. The summed E-state index contributed by atoms with van der Waals surface area (Å²) in [5.41, 5.74) is 3.11. The molecule has 0 N–H and O–H groups in total. The number of carbonyl (C=O) groups excluding carboxylic acids is 2. The molecule has 2 aromatic rings. The van der Waals surface area contributed by atoms with E-state index in [0.29, 0.717) is 23.7 Å². The van der Waals surface area contributed by atoms with Crippen LogP contribution in [-0.2, 0) is 11.3 Å². The lowest BCUT2D eigenvalue weighted by molar-refractivity contribution is 0.0474. The second-order valence-electron chi connectivity index (χ2n) is 6.64. The molecule has 134 valence electrons. The van der Waals surface area contributed by atoms with Crippen molar-refractivity contribution in [2.24, 2.45) is 5.92 Å². The molecule has 1 aromatic carbocycles. The number of hydrogen-bond acceptors (Lipinski definition) is 4. The summed E-state index contributed by atoms with van der Waals surface area (Å²) in [7, 11) is 0. The standard InChI is InChI=1S/C19H23ClN2O3/c1-11(2)9-22-18(20)17(14(5)21-22)19(24)25-10-16(23)15-8-12(3)6-7-13(15)4/h6-8,11H,9-10H2,1-5H3. The molecule has 0 amide bonds. The molecule has 0 atom stereocenters. The molecule has 1 aromatic heterocycles. The second kappa shape index (κ2) is 7.83. The Bertz CT molecular complexity index is 809. The Kier molecular flexibility index (Phi) is 6.01. The summed E-state index contributed by atoms with van der Waals surface area (Å²) in [4.78, 5) is 24.7. The van der Waals surface area contributed by atoms with Gasteiger partial charge in [0.2, 0.25) is 5.78 Å². The SMILES string of the molecule is Cc1ccc(C)c(C(=O)COC(=O)c2c(C)nn(CC(C)C)c2Cl)c1. The van der Waals surface area contributed by atoms with Gasteiger partial charge in [0.15, 0.2) is 6.61 Å². The average Bonchev–Trinajstić information content (AvgIpc) is 2.80. The van der Waals surface area contributed by atoms with Crippen LogP contribution in [0, 0.1) is 26.7 Å². The quantitative estimate of drug-likeness (QED) is 0.572. The number of aromatic nitrogens is 2. The number of ketones is 1. The van der Waals surface area contributed by atoms with Crippen LogP contribution in [0.15, 0.2) is 18.2 Å². The first-order chi connectivity index (χ1) is 11.7. The van der Waals surface area contributed by atoms with E-state index in [-0.39, 0.29) is 23.1 Å². The lowest BCUT2D eigenvalue weighted by atomic mass is 10.0. The number of benzene rings is 1. The number of esters is 1. The number of hydrogen-bond donors (Lipinski definition) is 0. The molecule has 0 bridgehead atoms. The fourth-order valence-corrected chi connectivity index (χ4v) is 2.89. The monoisotopic (exact) mass is 362 g/mol. The number of rotatable bonds is 6. The minimum absolute atomic E-state index is 0.219. The Morgan fingerprint density at radius 3 is 2.56 bits per heavy atom. The minimum Gasteiger partial charge on any atom is -0.454 e. The third-order valence-electron chi connectivity index (χ3n) is 3.84. The largest absolute Gasteiger partial charge is 0.454 e. The summed E-state index contributed by atoms with van der Waals surface area (Å²) in [5.74, 6) is -0.527. The average molecular weight is 363 g/mol. The van der Waals surface area contributed by atoms with E-state index >= 15 is 0 Å². The summed E-state index contributed by atoms with van der Waals surface area (Å²) in [6.07, 6.45) is 0. The first-order valence-corrected chi connectivity index (χ1v) is 8.59. The molecule has 0 radical (unpaired) electrons. The molecule has 0 spiro atoms. The molecule has 0 aliphatic carbocycles. The van der Waals surface area contributed by atoms with E-state index < -0.39 is 5.97 Å². The van der Waals surface area contributed by atoms with E-state index in [0.717, 1.165) is 11.1 Å². The number of ether oxygens (including phenoxy) is 1. The molecule has 2 rings (SSSR count). The molecule has 25 heavy (non-hydrogen) atoms. The third-order valence-corrected chi connectivity index (χ3v) is 4.22. The molecule has 5 nitrogen and oxygen atoms in total. The van der Waals surface area contributed by atoms with Gasteiger partial charge in [0.25, 0.3) is 0 Å². The Balaban J connectivity index is 2.11. The van der Waals surface area contributed by atoms with Crippen LogP contribution in [0.2, 0.25) is 5.15 Å². The first-order valence-electron chi connectivity index (χ1n) is 8.21. The number of nitrogens with zero attached hydrogens (tertiary/aromatic N) is 2. The molecular formula is C19H23ClN2O3. The summed E-state index contributed by atoms with van der Waals surface area (Å²) in [5, 5.41) is 4.53. The van der Waals surface area contributed by atoms with Gasteiger partial charge in [-0.15, -0.1) is 0 Å². The van der Waals surface area contributed by atoms with Crippen LogP contribution in [0.4, 0.5) is 0 Å². The molecule has 0 fully saturated rings. The third kappa shape index (κ3) is 4.48. The molecule has 0 saturated carbocycles. The Labute approximate surface area is 152 Å². The van der Waals surface area contributed by atoms with Gasteiger partial charge in [-0.25, -0.2) is 4.79 Å². The van der Waals surface area contributed by atoms with Crippen molar-refractivity contribution < 1.29 is 14.3 Å². The fraction of sp³-hybridized carbons (Fsp3) is 0.421. The van der Waals surface area contributed by atoms with Crippen molar-refractivity contribution in [2.45, 2.75) is 41.2 Å². The van der Waals surface area contributed by atoms with E-state index in [1.54, 1.807) is 17.7 Å². The van der Waals surface area contributed by atoms with Crippen LogP contribution in [0.3, 0.4) is 0 Å². The van der Waals surface area contributed by atoms with Crippen LogP contribution in [0.25, 0.3) is 0 Å². The summed E-state index contributed by atoms with van der Waals surface area (Å²) in [6.45, 7) is 9.82. The van der Waals surface area contributed by atoms with Crippen LogP contribution < -0.4 is 0 Å². The van der Waals surface area contributed by atoms with E-state index in [1.165, 1.54) is 0 Å². The maximum atomic E-state index is 12.4. The highest BCUT2D eigenvalue weighted by atomic mass is 35.5. The lowest BCUT2D eigenvalue weighted by Crippen LogP contribution is -2.16. The molecule has 0 unspecified atom stereocenters. The Morgan fingerprint density at radius 1 is 1.24 bits per heavy atom. The van der Waals surface area contributed by atoms with E-state index in [4.69, 9.17) is 16.3 Å². The molecule has 0 aliphatic heterocycles. The van der Waals surface area contributed by atoms with Gasteiger partial charge >= 0.3 is 5.97 Å². The summed E-state index contributed by atoms with van der Waals surface area (Å²) >= 11 is 6.26. The van der Waals surface area contributed by atoms with Crippen molar-refractivity contribution in [3.8, 4) is 0 Å². The Morgan fingerprint density at radius 2 is 1.92 bits per heavy atom. The Hall–Kier alpha value is -2.14. The fourth-order valence-electron chi connectivity index (χ4n) is 2.57. The van der Waals surface area contributed by atoms with Crippen molar-refractivity contribution in [1.29, 1.82) is 0 Å². The van der Waals surface area contributed by atoms with E-state index in [9.17, 15) is 9.59 Å². The summed E-state index contributed by atoms with van der Waals surface area (Å²) < 4.78 is 6.78. The lowest BCUT2D eigenvalue weighted by Gasteiger charge is -2.08. The van der Waals surface area contributed by atoms with Crippen molar-refractivity contribution in [3.63, 3.8) is 0 Å². The smallest absolute Gasteiger partial charge is 0.343 e. The van der Waals surface area contributed by atoms with Gasteiger partial charge in [-0.05, 0) is 38.3 Å². The van der Waals surface area contributed by atoms with E-state index in [2.05, 4.69) is 5.10 Å². The highest BCUT2D eigenvalue weighted by Crippen LogP contribution is 2.22. The molecule has 6 heteroatoms. The maximum absolute atomic E-state index is 12.4. The molecule has 0 aliphatic rings. The van der Waals surface area contributed by atoms with E-state index in [1.807, 2.05) is 39.8 Å². The van der Waals surface area contributed by atoms with Crippen LogP contribution in [0.1, 0.15) is 51.4 Å². The molecule has 0 saturated heterocycles. The zero-order chi connectivity index (χ0) is 18.7.